The largest absolute Gasteiger partial charge is 0.0616 e. The Morgan fingerprint density at radius 2 is 1.13 bits per heavy atom. The van der Waals surface area contributed by atoms with Crippen LogP contribution >= 0.6 is 0 Å². The van der Waals surface area contributed by atoms with E-state index in [9.17, 15) is 0 Å². The van der Waals surface area contributed by atoms with Gasteiger partial charge in [0.1, 0.15) is 0 Å². The molecule has 0 atom stereocenters. The molecule has 0 N–H and O–H groups in total. The molecule has 0 saturated carbocycles. The second-order valence-corrected chi connectivity index (χ2v) is 10.2. The number of fused-ring (bicyclic) bond motifs is 5. The Labute approximate surface area is 177 Å². The lowest BCUT2D eigenvalue weighted by molar-refractivity contribution is 0.640. The molecule has 5 aromatic carbocycles. The van der Waals surface area contributed by atoms with Crippen LogP contribution in [0.3, 0.4) is 0 Å². The standard InChI is InChI=1S/C30H24/c1-29(2)21-12-7-11-19-24-18-10-6-5-9-17(18)15-16-20(24)28-27(25(19)21)26-22(29)13-8-14-23(26)30(28,3)4/h5-16H,1-4H3. The van der Waals surface area contributed by atoms with Gasteiger partial charge in [-0.05, 0) is 65.7 Å². The normalized spacial score (nSPS) is 17.2. The minimum atomic E-state index is -0.0108. The molecule has 0 bridgehead atoms. The monoisotopic (exact) mass is 384 g/mol. The molecule has 0 aromatic heterocycles. The summed E-state index contributed by atoms with van der Waals surface area (Å²) in [7, 11) is 0. The van der Waals surface area contributed by atoms with Crippen molar-refractivity contribution in [2.75, 3.05) is 0 Å². The number of hydrogen-bond acceptors (Lipinski definition) is 0. The third kappa shape index (κ3) is 1.64. The van der Waals surface area contributed by atoms with Gasteiger partial charge in [0, 0.05) is 10.8 Å². The van der Waals surface area contributed by atoms with Crippen molar-refractivity contribution < 1.29 is 0 Å². The fraction of sp³-hybridized carbons (Fsp3) is 0.200. The molecule has 0 nitrogen and oxygen atoms in total. The van der Waals surface area contributed by atoms with Crippen LogP contribution in [0, 0.1) is 0 Å². The number of rotatable bonds is 0. The third-order valence-electron chi connectivity index (χ3n) is 7.99. The van der Waals surface area contributed by atoms with Crippen LogP contribution in [0.1, 0.15) is 49.9 Å². The van der Waals surface area contributed by atoms with Gasteiger partial charge in [0.15, 0.2) is 0 Å². The molecular weight excluding hydrogens is 360 g/mol. The summed E-state index contributed by atoms with van der Waals surface area (Å²) in [5.74, 6) is 0. The van der Waals surface area contributed by atoms with Crippen molar-refractivity contribution in [1.29, 1.82) is 0 Å². The maximum Gasteiger partial charge on any atom is 0.0165 e. The lowest BCUT2D eigenvalue weighted by Crippen LogP contribution is -2.23. The van der Waals surface area contributed by atoms with E-state index < -0.39 is 0 Å². The molecule has 0 aliphatic heterocycles. The van der Waals surface area contributed by atoms with Gasteiger partial charge >= 0.3 is 0 Å². The number of benzene rings is 5. The van der Waals surface area contributed by atoms with Gasteiger partial charge in [0.05, 0.1) is 0 Å². The highest BCUT2D eigenvalue weighted by Crippen LogP contribution is 2.61. The predicted molar refractivity (Wildman–Crippen MR) is 129 cm³/mol. The fourth-order valence-electron chi connectivity index (χ4n) is 6.62. The molecule has 5 aromatic rings. The van der Waals surface area contributed by atoms with E-state index in [0.29, 0.717) is 0 Å². The first-order chi connectivity index (χ1) is 14.4. The van der Waals surface area contributed by atoms with Crippen LogP contribution in [-0.4, -0.2) is 0 Å². The van der Waals surface area contributed by atoms with E-state index in [0.717, 1.165) is 0 Å². The van der Waals surface area contributed by atoms with E-state index >= 15 is 0 Å². The summed E-state index contributed by atoms with van der Waals surface area (Å²) in [5.41, 5.74) is 8.93. The van der Waals surface area contributed by atoms with Crippen molar-refractivity contribution in [3.05, 3.63) is 95.1 Å². The van der Waals surface area contributed by atoms with E-state index in [4.69, 9.17) is 0 Å². The van der Waals surface area contributed by atoms with E-state index in [1.165, 1.54) is 65.7 Å². The van der Waals surface area contributed by atoms with Crippen LogP contribution in [-0.2, 0) is 10.8 Å². The van der Waals surface area contributed by atoms with Crippen LogP contribution in [0.15, 0.2) is 72.8 Å². The summed E-state index contributed by atoms with van der Waals surface area (Å²) in [6, 6.07) is 27.5. The van der Waals surface area contributed by atoms with Crippen LogP contribution in [0.25, 0.3) is 43.4 Å². The van der Waals surface area contributed by atoms with Gasteiger partial charge < -0.3 is 0 Å². The Morgan fingerprint density at radius 3 is 1.97 bits per heavy atom. The van der Waals surface area contributed by atoms with Gasteiger partial charge in [0.25, 0.3) is 0 Å². The molecule has 144 valence electrons. The molecule has 0 heterocycles. The third-order valence-corrected chi connectivity index (χ3v) is 7.99. The Kier molecular flexibility index (Phi) is 2.75. The summed E-state index contributed by atoms with van der Waals surface area (Å²) >= 11 is 0. The molecular formula is C30H24. The van der Waals surface area contributed by atoms with E-state index in [1.807, 2.05) is 0 Å². The SMILES string of the molecule is CC1(C)c2cccc3c2-c2c1c1ccc4ccccc4c1c1cccc(c21)C3(C)C. The van der Waals surface area contributed by atoms with Gasteiger partial charge in [-0.3, -0.25) is 0 Å². The fourth-order valence-corrected chi connectivity index (χ4v) is 6.62. The maximum absolute atomic E-state index is 2.42. The molecule has 0 amide bonds. The van der Waals surface area contributed by atoms with Crippen molar-refractivity contribution in [1.82, 2.24) is 0 Å². The summed E-state index contributed by atoms with van der Waals surface area (Å²) in [5, 5.41) is 8.41. The molecule has 0 saturated heterocycles. The van der Waals surface area contributed by atoms with Crippen molar-refractivity contribution >= 4 is 32.3 Å². The maximum atomic E-state index is 2.42. The molecule has 0 unspecified atom stereocenters. The van der Waals surface area contributed by atoms with Crippen molar-refractivity contribution in [3.8, 4) is 11.1 Å². The second-order valence-electron chi connectivity index (χ2n) is 10.2. The van der Waals surface area contributed by atoms with E-state index in [1.54, 1.807) is 0 Å². The highest BCUT2D eigenvalue weighted by molar-refractivity contribution is 6.27. The zero-order chi connectivity index (χ0) is 20.4. The average molecular weight is 385 g/mol. The topological polar surface area (TPSA) is 0 Å². The minimum Gasteiger partial charge on any atom is -0.0616 e. The van der Waals surface area contributed by atoms with Crippen LogP contribution in [0.5, 0.6) is 0 Å². The van der Waals surface area contributed by atoms with Gasteiger partial charge in [-0.25, -0.2) is 0 Å². The lowest BCUT2D eigenvalue weighted by atomic mass is 9.68. The quantitative estimate of drug-likeness (QED) is 0.237. The zero-order valence-corrected chi connectivity index (χ0v) is 17.9. The van der Waals surface area contributed by atoms with Gasteiger partial charge in [-0.1, -0.05) is 100 Å². The lowest BCUT2D eigenvalue weighted by Gasteiger charge is -2.35. The van der Waals surface area contributed by atoms with Crippen LogP contribution < -0.4 is 0 Å². The summed E-state index contributed by atoms with van der Waals surface area (Å²) in [6.07, 6.45) is 0. The Morgan fingerprint density at radius 1 is 0.467 bits per heavy atom. The Balaban J connectivity index is 1.89. The van der Waals surface area contributed by atoms with E-state index in [-0.39, 0.29) is 10.8 Å². The summed E-state index contributed by atoms with van der Waals surface area (Å²) < 4.78 is 0. The van der Waals surface area contributed by atoms with Gasteiger partial charge in [-0.15, -0.1) is 0 Å². The molecule has 0 heteroatoms. The molecule has 0 radical (unpaired) electrons. The van der Waals surface area contributed by atoms with Gasteiger partial charge in [-0.2, -0.15) is 0 Å². The Hall–Kier alpha value is -3.12. The Bertz CT molecular complexity index is 1580. The first-order valence-electron chi connectivity index (χ1n) is 11.0. The molecule has 30 heavy (non-hydrogen) atoms. The molecule has 2 aliphatic rings. The van der Waals surface area contributed by atoms with Crippen molar-refractivity contribution in [2.45, 2.75) is 38.5 Å². The molecule has 7 rings (SSSR count). The molecule has 0 fully saturated rings. The van der Waals surface area contributed by atoms with Crippen molar-refractivity contribution in [2.24, 2.45) is 0 Å². The highest BCUT2D eigenvalue weighted by Gasteiger charge is 2.45. The summed E-state index contributed by atoms with van der Waals surface area (Å²) in [4.78, 5) is 0. The molecule has 2 aliphatic carbocycles. The van der Waals surface area contributed by atoms with Gasteiger partial charge in [0.2, 0.25) is 0 Å². The number of hydrogen-bond donors (Lipinski definition) is 0. The van der Waals surface area contributed by atoms with Crippen LogP contribution in [0.4, 0.5) is 0 Å². The smallest absolute Gasteiger partial charge is 0.0165 e. The zero-order valence-electron chi connectivity index (χ0n) is 17.9. The highest BCUT2D eigenvalue weighted by atomic mass is 14.5. The van der Waals surface area contributed by atoms with Crippen molar-refractivity contribution in [3.63, 3.8) is 0 Å². The second kappa shape index (κ2) is 4.95. The first kappa shape index (κ1) is 16.7. The minimum absolute atomic E-state index is 0.00615. The molecule has 0 spiro atoms. The predicted octanol–water partition coefficient (Wildman–Crippen LogP) is 8.09. The van der Waals surface area contributed by atoms with E-state index in [2.05, 4.69) is 100 Å². The average Bonchev–Trinajstić information content (AvgIpc) is 3.00. The first-order valence-corrected chi connectivity index (χ1v) is 11.0. The summed E-state index contributed by atoms with van der Waals surface area (Å²) in [6.45, 7) is 9.64. The van der Waals surface area contributed by atoms with Crippen LogP contribution in [0.2, 0.25) is 0 Å².